The first-order chi connectivity index (χ1) is 8.93. The third kappa shape index (κ3) is 6.07. The highest BCUT2D eigenvalue weighted by Crippen LogP contribution is 2.29. The van der Waals surface area contributed by atoms with Crippen LogP contribution >= 0.6 is 0 Å². The van der Waals surface area contributed by atoms with Gasteiger partial charge in [-0.1, -0.05) is 19.1 Å². The number of hydrogen-bond donors (Lipinski definition) is 1. The third-order valence-corrected chi connectivity index (χ3v) is 3.08. The van der Waals surface area contributed by atoms with E-state index in [1.807, 2.05) is 0 Å². The van der Waals surface area contributed by atoms with E-state index in [0.29, 0.717) is 0 Å². The quantitative estimate of drug-likeness (QED) is 0.769. The molecule has 1 rings (SSSR count). The smallest absolute Gasteiger partial charge is 0.315 e. The van der Waals surface area contributed by atoms with Crippen molar-refractivity contribution >= 4 is 0 Å². The van der Waals surface area contributed by atoms with Crippen LogP contribution in [0, 0.1) is 0 Å². The number of nitrogens with zero attached hydrogens (tertiary/aromatic N) is 1. The minimum Gasteiger partial charge on any atom is -0.315 e. The average Bonchev–Trinajstić information content (AvgIpc) is 2.37. The summed E-state index contributed by atoms with van der Waals surface area (Å²) in [7, 11) is 2.05. The van der Waals surface area contributed by atoms with Crippen LogP contribution in [-0.2, 0) is 12.6 Å². The van der Waals surface area contributed by atoms with Gasteiger partial charge in [0.05, 0.1) is 5.56 Å². The lowest BCUT2D eigenvalue weighted by Crippen LogP contribution is -2.30. The van der Waals surface area contributed by atoms with Crippen molar-refractivity contribution in [2.45, 2.75) is 19.5 Å². The maximum absolute atomic E-state index is 12.4. The van der Waals surface area contributed by atoms with Gasteiger partial charge in [-0.3, -0.25) is 0 Å². The van der Waals surface area contributed by atoms with Gasteiger partial charge in [-0.25, -0.2) is 0 Å². The molecule has 0 aliphatic carbocycles. The number of benzene rings is 1. The van der Waals surface area contributed by atoms with Crippen molar-refractivity contribution in [2.24, 2.45) is 0 Å². The molecule has 0 aliphatic heterocycles. The van der Waals surface area contributed by atoms with E-state index in [-0.39, 0.29) is 0 Å². The van der Waals surface area contributed by atoms with Gasteiger partial charge in [0.15, 0.2) is 0 Å². The van der Waals surface area contributed by atoms with Crippen LogP contribution < -0.4 is 5.32 Å². The summed E-state index contributed by atoms with van der Waals surface area (Å²) in [5, 5.41) is 3.28. The molecule has 0 radical (unpaired) electrons. The molecule has 5 heteroatoms. The molecule has 0 saturated carbocycles. The topological polar surface area (TPSA) is 15.3 Å². The SMILES string of the molecule is CCN(C)CCNCCc1ccc(C(F)(F)F)cc1. The van der Waals surface area contributed by atoms with Gasteiger partial charge < -0.3 is 10.2 Å². The standard InChI is InChI=1S/C14H21F3N2/c1-3-19(2)11-10-18-9-8-12-4-6-13(7-5-12)14(15,16)17/h4-7,18H,3,8-11H2,1-2H3. The Morgan fingerprint density at radius 2 is 1.74 bits per heavy atom. The van der Waals surface area contributed by atoms with E-state index in [4.69, 9.17) is 0 Å². The number of halogens is 3. The Morgan fingerprint density at radius 3 is 2.26 bits per heavy atom. The number of hydrogen-bond acceptors (Lipinski definition) is 2. The molecule has 0 heterocycles. The van der Waals surface area contributed by atoms with E-state index in [1.165, 1.54) is 0 Å². The van der Waals surface area contributed by atoms with E-state index in [2.05, 4.69) is 24.2 Å². The summed E-state index contributed by atoms with van der Waals surface area (Å²) in [6.45, 7) is 5.76. The molecule has 0 saturated heterocycles. The van der Waals surface area contributed by atoms with Gasteiger partial charge in [0.2, 0.25) is 0 Å². The highest BCUT2D eigenvalue weighted by atomic mass is 19.4. The second kappa shape index (κ2) is 7.50. The lowest BCUT2D eigenvalue weighted by Gasteiger charge is -2.14. The zero-order valence-corrected chi connectivity index (χ0v) is 11.4. The monoisotopic (exact) mass is 274 g/mol. The summed E-state index contributed by atoms with van der Waals surface area (Å²) in [5.74, 6) is 0. The van der Waals surface area contributed by atoms with Gasteiger partial charge in [-0.15, -0.1) is 0 Å². The minimum atomic E-state index is -4.25. The number of nitrogens with one attached hydrogen (secondary N) is 1. The fourth-order valence-corrected chi connectivity index (χ4v) is 1.65. The van der Waals surface area contributed by atoms with Crippen molar-refractivity contribution in [3.05, 3.63) is 35.4 Å². The van der Waals surface area contributed by atoms with E-state index in [0.717, 1.165) is 50.3 Å². The van der Waals surface area contributed by atoms with Crippen molar-refractivity contribution in [1.29, 1.82) is 0 Å². The Balaban J connectivity index is 2.27. The van der Waals surface area contributed by atoms with Crippen molar-refractivity contribution in [2.75, 3.05) is 33.2 Å². The van der Waals surface area contributed by atoms with Crippen LogP contribution in [0.2, 0.25) is 0 Å². The second-order valence-corrected chi connectivity index (χ2v) is 4.59. The van der Waals surface area contributed by atoms with Gasteiger partial charge >= 0.3 is 6.18 Å². The van der Waals surface area contributed by atoms with Crippen molar-refractivity contribution < 1.29 is 13.2 Å². The van der Waals surface area contributed by atoms with Crippen LogP contribution in [0.25, 0.3) is 0 Å². The largest absolute Gasteiger partial charge is 0.416 e. The van der Waals surface area contributed by atoms with E-state index in [9.17, 15) is 13.2 Å². The molecule has 0 spiro atoms. The number of likely N-dealkylation sites (N-methyl/N-ethyl adjacent to an activating group) is 1. The van der Waals surface area contributed by atoms with E-state index in [1.54, 1.807) is 12.1 Å². The predicted molar refractivity (Wildman–Crippen MR) is 71.2 cm³/mol. The molecule has 0 bridgehead atoms. The average molecular weight is 274 g/mol. The van der Waals surface area contributed by atoms with Crippen LogP contribution in [0.5, 0.6) is 0 Å². The molecule has 0 unspecified atom stereocenters. The molecule has 0 atom stereocenters. The Bertz CT molecular complexity index is 360. The first-order valence-electron chi connectivity index (χ1n) is 6.49. The maximum Gasteiger partial charge on any atom is 0.416 e. The van der Waals surface area contributed by atoms with E-state index < -0.39 is 11.7 Å². The summed E-state index contributed by atoms with van der Waals surface area (Å²) >= 11 is 0. The second-order valence-electron chi connectivity index (χ2n) is 4.59. The molecule has 108 valence electrons. The van der Waals surface area contributed by atoms with Gasteiger partial charge in [-0.05, 0) is 44.3 Å². The predicted octanol–water partition coefficient (Wildman–Crippen LogP) is 2.79. The van der Waals surface area contributed by atoms with Crippen molar-refractivity contribution in [3.8, 4) is 0 Å². The zero-order chi connectivity index (χ0) is 14.3. The van der Waals surface area contributed by atoms with Gasteiger partial charge in [0.1, 0.15) is 0 Å². The van der Waals surface area contributed by atoms with Gasteiger partial charge in [0, 0.05) is 13.1 Å². The third-order valence-electron chi connectivity index (χ3n) is 3.08. The molecule has 1 aromatic carbocycles. The molecule has 0 fully saturated rings. The Kier molecular flexibility index (Phi) is 6.31. The van der Waals surface area contributed by atoms with Crippen molar-refractivity contribution in [1.82, 2.24) is 10.2 Å². The van der Waals surface area contributed by atoms with E-state index >= 15 is 0 Å². The van der Waals surface area contributed by atoms with Crippen LogP contribution in [0.3, 0.4) is 0 Å². The maximum atomic E-state index is 12.4. The van der Waals surface area contributed by atoms with Crippen LogP contribution in [0.15, 0.2) is 24.3 Å². The molecule has 1 N–H and O–H groups in total. The Morgan fingerprint density at radius 1 is 1.11 bits per heavy atom. The summed E-state index contributed by atoms with van der Waals surface area (Å²) in [6.07, 6.45) is -3.50. The zero-order valence-electron chi connectivity index (χ0n) is 11.4. The molecule has 0 aromatic heterocycles. The summed E-state index contributed by atoms with van der Waals surface area (Å²) in [6, 6.07) is 5.37. The number of rotatable bonds is 7. The summed E-state index contributed by atoms with van der Waals surface area (Å²) in [5.41, 5.74) is 0.332. The summed E-state index contributed by atoms with van der Waals surface area (Å²) in [4.78, 5) is 2.20. The van der Waals surface area contributed by atoms with Crippen LogP contribution in [0.1, 0.15) is 18.1 Å². The normalized spacial score (nSPS) is 12.1. The van der Waals surface area contributed by atoms with Crippen LogP contribution in [0.4, 0.5) is 13.2 Å². The molecule has 19 heavy (non-hydrogen) atoms. The molecular formula is C14H21F3N2. The first kappa shape index (κ1) is 16.0. The Labute approximate surface area is 112 Å². The van der Waals surface area contributed by atoms with Crippen molar-refractivity contribution in [3.63, 3.8) is 0 Å². The summed E-state index contributed by atoms with van der Waals surface area (Å²) < 4.78 is 37.1. The first-order valence-corrected chi connectivity index (χ1v) is 6.49. The molecule has 0 aliphatic rings. The fraction of sp³-hybridized carbons (Fsp3) is 0.571. The highest BCUT2D eigenvalue weighted by Gasteiger charge is 2.29. The lowest BCUT2D eigenvalue weighted by molar-refractivity contribution is -0.137. The fourth-order valence-electron chi connectivity index (χ4n) is 1.65. The lowest BCUT2D eigenvalue weighted by atomic mass is 10.1. The Hall–Kier alpha value is -1.07. The highest BCUT2D eigenvalue weighted by molar-refractivity contribution is 5.24. The molecule has 0 amide bonds. The van der Waals surface area contributed by atoms with Gasteiger partial charge in [-0.2, -0.15) is 13.2 Å². The van der Waals surface area contributed by atoms with Crippen LogP contribution in [-0.4, -0.2) is 38.1 Å². The molecular weight excluding hydrogens is 253 g/mol. The molecule has 1 aromatic rings. The van der Waals surface area contributed by atoms with Gasteiger partial charge in [0.25, 0.3) is 0 Å². The number of alkyl halides is 3. The molecule has 2 nitrogen and oxygen atoms in total. The minimum absolute atomic E-state index is 0.589.